The number of aliphatic hydroxyl groups is 1. The Labute approximate surface area is 197 Å². The van der Waals surface area contributed by atoms with Gasteiger partial charge in [-0.3, -0.25) is 14.4 Å². The molecule has 176 valence electrons. The number of esters is 1. The summed E-state index contributed by atoms with van der Waals surface area (Å²) in [4.78, 5) is 49.0. The molecule has 0 aliphatic carbocycles. The van der Waals surface area contributed by atoms with Crippen molar-refractivity contribution in [1.82, 2.24) is 14.9 Å². The minimum absolute atomic E-state index is 0.0335. The van der Waals surface area contributed by atoms with Crippen molar-refractivity contribution in [1.29, 1.82) is 0 Å². The van der Waals surface area contributed by atoms with Gasteiger partial charge >= 0.3 is 5.97 Å². The highest BCUT2D eigenvalue weighted by Crippen LogP contribution is 2.28. The molecule has 1 unspecified atom stereocenters. The van der Waals surface area contributed by atoms with Gasteiger partial charge in [-0.2, -0.15) is 0 Å². The van der Waals surface area contributed by atoms with Crippen LogP contribution in [0.15, 0.2) is 24.5 Å². The number of carbonyl (C=O) groups is 3. The number of benzene rings is 1. The van der Waals surface area contributed by atoms with Gasteiger partial charge in [0, 0.05) is 17.8 Å². The molecule has 1 aromatic heterocycles. The molecule has 1 N–H and O–H groups in total. The summed E-state index contributed by atoms with van der Waals surface area (Å²) in [5.41, 5.74) is 2.34. The largest absolute Gasteiger partial charge is 0.465 e. The number of aliphatic hydroxyl groups excluding tert-OH is 1. The Morgan fingerprint density at radius 3 is 2.73 bits per heavy atom. The van der Waals surface area contributed by atoms with Crippen LogP contribution in [0, 0.1) is 6.92 Å². The fourth-order valence-electron chi connectivity index (χ4n) is 3.67. The lowest BCUT2D eigenvalue weighted by Crippen LogP contribution is -2.42. The predicted octanol–water partition coefficient (Wildman–Crippen LogP) is 2.42. The smallest absolute Gasteiger partial charge is 0.325 e. The van der Waals surface area contributed by atoms with Crippen molar-refractivity contribution >= 4 is 35.1 Å². The van der Waals surface area contributed by atoms with Crippen molar-refractivity contribution in [2.45, 2.75) is 39.7 Å². The average molecular weight is 475 g/mol. The number of ether oxygens (including phenoxy) is 1. The van der Waals surface area contributed by atoms with E-state index in [1.807, 2.05) is 6.92 Å². The molecular weight excluding hydrogens is 448 g/mol. The van der Waals surface area contributed by atoms with Crippen molar-refractivity contribution in [3.63, 3.8) is 0 Å². The molecule has 1 aliphatic heterocycles. The summed E-state index contributed by atoms with van der Waals surface area (Å²) in [7, 11) is 0. The molecule has 2 aromatic rings. The first-order valence-corrected chi connectivity index (χ1v) is 11.2. The van der Waals surface area contributed by atoms with E-state index in [2.05, 4.69) is 9.97 Å². The summed E-state index contributed by atoms with van der Waals surface area (Å²) in [6.45, 7) is 5.75. The SMILES string of the molecule is CCOC(=O)CN1CCc2cc(N(CC(O)CC)C(=O)c3c(C)ncnc3Cl)ccc2C1=O. The third-order valence-corrected chi connectivity index (χ3v) is 5.80. The first kappa shape index (κ1) is 24.6. The van der Waals surface area contributed by atoms with Gasteiger partial charge in [0.2, 0.25) is 0 Å². The summed E-state index contributed by atoms with van der Waals surface area (Å²) in [6.07, 6.45) is 1.50. The first-order chi connectivity index (χ1) is 15.8. The standard InChI is InChI=1S/C23H27ClN4O5/c1-4-17(29)11-28(23(32)20-14(3)25-13-26-21(20)24)16-6-7-18-15(10-16)8-9-27(22(18)31)12-19(30)33-5-2/h6-7,10,13,17,29H,4-5,8-9,11-12H2,1-3H3. The van der Waals surface area contributed by atoms with E-state index in [1.165, 1.54) is 16.1 Å². The Kier molecular flexibility index (Phi) is 7.99. The Balaban J connectivity index is 1.93. The number of nitrogens with zero attached hydrogens (tertiary/aromatic N) is 4. The van der Waals surface area contributed by atoms with E-state index in [-0.39, 0.29) is 36.3 Å². The molecule has 33 heavy (non-hydrogen) atoms. The topological polar surface area (TPSA) is 113 Å². The lowest BCUT2D eigenvalue weighted by atomic mass is 9.97. The zero-order valence-corrected chi connectivity index (χ0v) is 19.6. The summed E-state index contributed by atoms with van der Waals surface area (Å²) >= 11 is 6.19. The Morgan fingerprint density at radius 2 is 2.06 bits per heavy atom. The maximum atomic E-state index is 13.4. The molecule has 1 aromatic carbocycles. The number of anilines is 1. The Bertz CT molecular complexity index is 1040. The van der Waals surface area contributed by atoms with Gasteiger partial charge < -0.3 is 19.6 Å². The molecule has 0 radical (unpaired) electrons. The number of amides is 2. The molecule has 3 rings (SSSR count). The van der Waals surface area contributed by atoms with Gasteiger partial charge in [0.1, 0.15) is 18.0 Å². The van der Waals surface area contributed by atoms with E-state index in [4.69, 9.17) is 16.3 Å². The molecule has 2 heterocycles. The van der Waals surface area contributed by atoms with E-state index >= 15 is 0 Å². The van der Waals surface area contributed by atoms with Gasteiger partial charge in [-0.25, -0.2) is 9.97 Å². The van der Waals surface area contributed by atoms with Crippen LogP contribution in [0.3, 0.4) is 0 Å². The van der Waals surface area contributed by atoms with Crippen LogP contribution >= 0.6 is 11.6 Å². The van der Waals surface area contributed by atoms with Crippen molar-refractivity contribution < 1.29 is 24.2 Å². The Morgan fingerprint density at radius 1 is 1.30 bits per heavy atom. The zero-order valence-electron chi connectivity index (χ0n) is 18.9. The summed E-state index contributed by atoms with van der Waals surface area (Å²) in [5.74, 6) is -1.15. The lowest BCUT2D eigenvalue weighted by molar-refractivity contribution is -0.143. The monoisotopic (exact) mass is 474 g/mol. The highest BCUT2D eigenvalue weighted by Gasteiger charge is 2.29. The van der Waals surface area contributed by atoms with Crippen molar-refractivity contribution in [2.24, 2.45) is 0 Å². The van der Waals surface area contributed by atoms with E-state index in [0.717, 1.165) is 5.56 Å². The minimum Gasteiger partial charge on any atom is -0.465 e. The number of hydrogen-bond donors (Lipinski definition) is 1. The van der Waals surface area contributed by atoms with Gasteiger partial charge in [0.05, 0.1) is 30.5 Å². The quantitative estimate of drug-likeness (QED) is 0.461. The van der Waals surface area contributed by atoms with Crippen LogP contribution in [0.1, 0.15) is 52.2 Å². The number of rotatable bonds is 8. The second-order valence-corrected chi connectivity index (χ2v) is 8.08. The summed E-state index contributed by atoms with van der Waals surface area (Å²) in [5, 5.41) is 10.3. The molecule has 0 bridgehead atoms. The van der Waals surface area contributed by atoms with Crippen LogP contribution in [0.5, 0.6) is 0 Å². The van der Waals surface area contributed by atoms with Crippen molar-refractivity contribution in [3.8, 4) is 0 Å². The van der Waals surface area contributed by atoms with Crippen LogP contribution in [-0.2, 0) is 16.0 Å². The molecule has 0 fully saturated rings. The van der Waals surface area contributed by atoms with Crippen LogP contribution in [-0.4, -0.2) is 70.1 Å². The average Bonchev–Trinajstić information content (AvgIpc) is 2.79. The molecule has 1 aliphatic rings. The van der Waals surface area contributed by atoms with Crippen LogP contribution in [0.2, 0.25) is 5.15 Å². The number of aromatic nitrogens is 2. The van der Waals surface area contributed by atoms with E-state index in [9.17, 15) is 19.5 Å². The Hall–Kier alpha value is -3.04. The number of halogens is 1. The second-order valence-electron chi connectivity index (χ2n) is 7.73. The summed E-state index contributed by atoms with van der Waals surface area (Å²) < 4.78 is 4.95. The van der Waals surface area contributed by atoms with Gasteiger partial charge in [-0.15, -0.1) is 0 Å². The molecule has 0 saturated carbocycles. The van der Waals surface area contributed by atoms with E-state index in [1.54, 1.807) is 32.0 Å². The molecule has 9 nitrogen and oxygen atoms in total. The zero-order chi connectivity index (χ0) is 24.1. The third-order valence-electron chi connectivity index (χ3n) is 5.51. The molecule has 2 amide bonds. The highest BCUT2D eigenvalue weighted by molar-refractivity contribution is 6.33. The van der Waals surface area contributed by atoms with Crippen LogP contribution in [0.25, 0.3) is 0 Å². The number of hydrogen-bond acceptors (Lipinski definition) is 7. The third kappa shape index (κ3) is 5.48. The molecule has 10 heteroatoms. The normalized spacial score (nSPS) is 14.0. The predicted molar refractivity (Wildman–Crippen MR) is 122 cm³/mol. The highest BCUT2D eigenvalue weighted by atomic mass is 35.5. The second kappa shape index (κ2) is 10.7. The molecule has 0 spiro atoms. The number of aryl methyl sites for hydroxylation is 1. The van der Waals surface area contributed by atoms with Crippen LogP contribution in [0.4, 0.5) is 5.69 Å². The first-order valence-electron chi connectivity index (χ1n) is 10.8. The molecule has 0 saturated heterocycles. The maximum absolute atomic E-state index is 13.4. The van der Waals surface area contributed by atoms with E-state index < -0.39 is 18.0 Å². The van der Waals surface area contributed by atoms with Crippen molar-refractivity contribution in [2.75, 3.05) is 31.1 Å². The summed E-state index contributed by atoms with van der Waals surface area (Å²) in [6, 6.07) is 5.05. The van der Waals surface area contributed by atoms with Crippen LogP contribution < -0.4 is 4.90 Å². The van der Waals surface area contributed by atoms with Crippen molar-refractivity contribution in [3.05, 3.63) is 52.1 Å². The fourth-order valence-corrected chi connectivity index (χ4v) is 3.93. The minimum atomic E-state index is -0.754. The van der Waals surface area contributed by atoms with E-state index in [0.29, 0.717) is 36.3 Å². The lowest BCUT2D eigenvalue weighted by Gasteiger charge is -2.30. The number of fused-ring (bicyclic) bond motifs is 1. The van der Waals surface area contributed by atoms with Gasteiger partial charge in [0.15, 0.2) is 0 Å². The molecular formula is C23H27ClN4O5. The maximum Gasteiger partial charge on any atom is 0.325 e. The van der Waals surface area contributed by atoms with Gasteiger partial charge in [-0.05, 0) is 50.5 Å². The van der Waals surface area contributed by atoms with Gasteiger partial charge in [-0.1, -0.05) is 18.5 Å². The fraction of sp³-hybridized carbons (Fsp3) is 0.435. The molecule has 1 atom stereocenters. The number of carbonyl (C=O) groups excluding carboxylic acids is 3. The van der Waals surface area contributed by atoms with Gasteiger partial charge in [0.25, 0.3) is 11.8 Å².